The maximum atomic E-state index is 12.5. The summed E-state index contributed by atoms with van der Waals surface area (Å²) >= 11 is 0. The van der Waals surface area contributed by atoms with Crippen LogP contribution >= 0.6 is 0 Å². The van der Waals surface area contributed by atoms with E-state index in [4.69, 9.17) is 5.73 Å². The fourth-order valence-electron chi connectivity index (χ4n) is 2.95. The minimum absolute atomic E-state index is 0.0801. The molecule has 1 aromatic carbocycles. The highest BCUT2D eigenvalue weighted by molar-refractivity contribution is 5.94. The van der Waals surface area contributed by atoms with Crippen molar-refractivity contribution >= 4 is 17.5 Å². The first-order chi connectivity index (χ1) is 11.8. The molecule has 0 atom stereocenters. The van der Waals surface area contributed by atoms with Gasteiger partial charge in [0, 0.05) is 11.4 Å². The number of nitrogens with one attached hydrogen (secondary N) is 1. The number of anilines is 1. The molecule has 3 N–H and O–H groups in total. The summed E-state index contributed by atoms with van der Waals surface area (Å²) in [6.45, 7) is 7.13. The topological polar surface area (TPSA) is 94.2 Å². The molecule has 0 fully saturated rings. The Bertz CT molecular complexity index is 898. The first kappa shape index (κ1) is 18.4. The van der Waals surface area contributed by atoms with Crippen molar-refractivity contribution in [3.8, 4) is 0 Å². The Hall–Kier alpha value is -2.89. The largest absolute Gasteiger partial charge is 0.365 e. The van der Waals surface area contributed by atoms with Crippen molar-refractivity contribution in [2.45, 2.75) is 40.7 Å². The van der Waals surface area contributed by atoms with Gasteiger partial charge in [-0.05, 0) is 49.9 Å². The van der Waals surface area contributed by atoms with Gasteiger partial charge in [0.2, 0.25) is 5.91 Å². The molecule has 1 aromatic heterocycles. The van der Waals surface area contributed by atoms with Crippen LogP contribution in [-0.4, -0.2) is 16.4 Å². The first-order valence-electron chi connectivity index (χ1n) is 8.15. The minimum Gasteiger partial charge on any atom is -0.365 e. The van der Waals surface area contributed by atoms with Gasteiger partial charge < -0.3 is 15.6 Å². The predicted molar refractivity (Wildman–Crippen MR) is 97.9 cm³/mol. The zero-order valence-corrected chi connectivity index (χ0v) is 15.0. The van der Waals surface area contributed by atoms with Crippen molar-refractivity contribution in [3.63, 3.8) is 0 Å². The van der Waals surface area contributed by atoms with E-state index in [1.165, 1.54) is 4.57 Å². The molecule has 0 saturated heterocycles. The van der Waals surface area contributed by atoms with E-state index in [1.54, 1.807) is 19.9 Å². The molecule has 132 valence electrons. The molecule has 1 heterocycles. The number of pyridine rings is 1. The molecule has 6 heteroatoms. The predicted octanol–water partition coefficient (Wildman–Crippen LogP) is 2.07. The molecule has 6 nitrogen and oxygen atoms in total. The van der Waals surface area contributed by atoms with Gasteiger partial charge in [0.05, 0.1) is 0 Å². The van der Waals surface area contributed by atoms with Crippen LogP contribution in [0.3, 0.4) is 0 Å². The molecule has 0 saturated carbocycles. The molecular weight excluding hydrogens is 318 g/mol. The number of aromatic nitrogens is 1. The van der Waals surface area contributed by atoms with Gasteiger partial charge in [0.25, 0.3) is 11.5 Å². The Kier molecular flexibility index (Phi) is 5.41. The van der Waals surface area contributed by atoms with E-state index >= 15 is 0 Å². The molecule has 2 rings (SSSR count). The quantitative estimate of drug-likeness (QED) is 0.872. The van der Waals surface area contributed by atoms with Crippen LogP contribution in [0, 0.1) is 20.8 Å². The number of nitrogens with two attached hydrogens (primary N) is 1. The molecule has 0 bridgehead atoms. The van der Waals surface area contributed by atoms with Crippen molar-refractivity contribution in [2.75, 3.05) is 5.32 Å². The van der Waals surface area contributed by atoms with E-state index in [1.807, 2.05) is 32.0 Å². The number of primary amides is 1. The zero-order valence-electron chi connectivity index (χ0n) is 15.0. The number of carbonyl (C=O) groups excluding carboxylic acids is 2. The van der Waals surface area contributed by atoms with Gasteiger partial charge in [-0.1, -0.05) is 25.1 Å². The highest BCUT2D eigenvalue weighted by Crippen LogP contribution is 2.21. The fraction of sp³-hybridized carbons (Fsp3) is 0.316. The lowest BCUT2D eigenvalue weighted by atomic mass is 10.1. The van der Waals surface area contributed by atoms with Crippen LogP contribution < -0.4 is 16.6 Å². The van der Waals surface area contributed by atoms with E-state index in [0.717, 1.165) is 23.2 Å². The Labute approximate surface area is 146 Å². The Morgan fingerprint density at radius 1 is 1.16 bits per heavy atom. The summed E-state index contributed by atoms with van der Waals surface area (Å²) in [5.41, 5.74) is 8.54. The average Bonchev–Trinajstić information content (AvgIpc) is 2.52. The Balaban J connectivity index is 2.35. The lowest BCUT2D eigenvalue weighted by Crippen LogP contribution is -2.35. The second kappa shape index (κ2) is 7.34. The molecule has 0 aliphatic rings. The SMILES string of the molecule is CCc1cccc(C)c1NC(=O)Cn1c(C)cc(C)c(C(N)=O)c1=O. The van der Waals surface area contributed by atoms with Gasteiger partial charge >= 0.3 is 0 Å². The first-order valence-corrected chi connectivity index (χ1v) is 8.15. The molecule has 2 amide bonds. The third kappa shape index (κ3) is 3.79. The third-order valence-corrected chi connectivity index (χ3v) is 4.26. The third-order valence-electron chi connectivity index (χ3n) is 4.26. The van der Waals surface area contributed by atoms with Crippen LogP contribution in [0.25, 0.3) is 0 Å². The number of nitrogens with zero attached hydrogens (tertiary/aromatic N) is 1. The maximum absolute atomic E-state index is 12.5. The molecule has 0 aliphatic heterocycles. The molecule has 0 spiro atoms. The highest BCUT2D eigenvalue weighted by Gasteiger charge is 2.17. The minimum atomic E-state index is -0.788. The summed E-state index contributed by atoms with van der Waals surface area (Å²) in [6.07, 6.45) is 0.784. The number of benzene rings is 1. The average molecular weight is 341 g/mol. The van der Waals surface area contributed by atoms with Crippen molar-refractivity contribution in [3.05, 3.63) is 62.6 Å². The van der Waals surface area contributed by atoms with E-state index in [2.05, 4.69) is 5.32 Å². The number of carbonyl (C=O) groups is 2. The summed E-state index contributed by atoms with van der Waals surface area (Å²) in [6, 6.07) is 7.50. The van der Waals surface area contributed by atoms with Crippen LogP contribution in [0.4, 0.5) is 5.69 Å². The summed E-state index contributed by atoms with van der Waals surface area (Å²) < 4.78 is 1.27. The van der Waals surface area contributed by atoms with Crippen molar-refractivity contribution < 1.29 is 9.59 Å². The van der Waals surface area contributed by atoms with Gasteiger partial charge in [-0.25, -0.2) is 0 Å². The molecular formula is C19H23N3O3. The van der Waals surface area contributed by atoms with Gasteiger partial charge in [0.15, 0.2) is 0 Å². The molecule has 25 heavy (non-hydrogen) atoms. The van der Waals surface area contributed by atoms with Crippen LogP contribution in [0.1, 0.15) is 39.7 Å². The number of amides is 2. The number of hydrogen-bond donors (Lipinski definition) is 2. The van der Waals surface area contributed by atoms with Crippen LogP contribution in [0.5, 0.6) is 0 Å². The fourth-order valence-corrected chi connectivity index (χ4v) is 2.95. The number of rotatable bonds is 5. The van der Waals surface area contributed by atoms with Crippen LogP contribution in [0.15, 0.2) is 29.1 Å². The Morgan fingerprint density at radius 2 is 1.84 bits per heavy atom. The van der Waals surface area contributed by atoms with Gasteiger partial charge in [0.1, 0.15) is 12.1 Å². The van der Waals surface area contributed by atoms with Gasteiger partial charge in [-0.3, -0.25) is 14.4 Å². The van der Waals surface area contributed by atoms with Gasteiger partial charge in [-0.15, -0.1) is 0 Å². The zero-order chi connectivity index (χ0) is 18.7. The van der Waals surface area contributed by atoms with Crippen molar-refractivity contribution in [1.29, 1.82) is 0 Å². The van der Waals surface area contributed by atoms with Crippen LogP contribution in [-0.2, 0) is 17.8 Å². The summed E-state index contributed by atoms with van der Waals surface area (Å²) in [7, 11) is 0. The second-order valence-corrected chi connectivity index (χ2v) is 6.11. The highest BCUT2D eigenvalue weighted by atomic mass is 16.2. The molecule has 0 unspecified atom stereocenters. The van der Waals surface area contributed by atoms with E-state index in [0.29, 0.717) is 11.3 Å². The van der Waals surface area contributed by atoms with E-state index in [-0.39, 0.29) is 18.0 Å². The number of aryl methyl sites for hydroxylation is 4. The lowest BCUT2D eigenvalue weighted by Gasteiger charge is -2.16. The number of para-hydroxylation sites is 1. The smallest absolute Gasteiger partial charge is 0.264 e. The Morgan fingerprint density at radius 3 is 2.44 bits per heavy atom. The van der Waals surface area contributed by atoms with E-state index in [9.17, 15) is 14.4 Å². The number of hydrogen-bond acceptors (Lipinski definition) is 3. The van der Waals surface area contributed by atoms with Crippen LogP contribution in [0.2, 0.25) is 0 Å². The monoisotopic (exact) mass is 341 g/mol. The standard InChI is InChI=1S/C19H23N3O3/c1-5-14-8-6-7-11(2)17(14)21-15(23)10-22-13(4)9-12(3)16(18(20)24)19(22)25/h6-9H,5,10H2,1-4H3,(H2,20,24)(H,21,23). The van der Waals surface area contributed by atoms with E-state index < -0.39 is 11.5 Å². The maximum Gasteiger partial charge on any atom is 0.264 e. The summed E-state index contributed by atoms with van der Waals surface area (Å²) in [5, 5.41) is 2.88. The molecule has 2 aromatic rings. The van der Waals surface area contributed by atoms with Crippen molar-refractivity contribution in [1.82, 2.24) is 4.57 Å². The summed E-state index contributed by atoms with van der Waals surface area (Å²) in [5.74, 6) is -1.11. The van der Waals surface area contributed by atoms with Crippen molar-refractivity contribution in [2.24, 2.45) is 5.73 Å². The normalized spacial score (nSPS) is 10.6. The second-order valence-electron chi connectivity index (χ2n) is 6.11. The lowest BCUT2D eigenvalue weighted by molar-refractivity contribution is -0.116. The summed E-state index contributed by atoms with van der Waals surface area (Å²) in [4.78, 5) is 36.5. The molecule has 0 radical (unpaired) electrons. The molecule has 0 aliphatic carbocycles. The van der Waals surface area contributed by atoms with Gasteiger partial charge in [-0.2, -0.15) is 0 Å².